The summed E-state index contributed by atoms with van der Waals surface area (Å²) < 4.78 is 6.04. The second kappa shape index (κ2) is 3.62. The lowest BCUT2D eigenvalue weighted by Gasteiger charge is -2.38. The Morgan fingerprint density at radius 1 is 1.40 bits per heavy atom. The van der Waals surface area contributed by atoms with Crippen LogP contribution >= 0.6 is 0 Å². The maximum atomic E-state index is 6.04. The van der Waals surface area contributed by atoms with Crippen LogP contribution in [0.25, 0.3) is 0 Å². The molecule has 3 atom stereocenters. The summed E-state index contributed by atoms with van der Waals surface area (Å²) in [6.07, 6.45) is 7.46. The standard InChI is InChI=1S/C14H24O/c1-5-6-9-15-12-10-11-7-8-14(12,4)13(11,2)3/h5,11-12H,1,6-10H2,2-4H3. The first kappa shape index (κ1) is 11.2. The van der Waals surface area contributed by atoms with Gasteiger partial charge in [0.05, 0.1) is 12.7 Å². The highest BCUT2D eigenvalue weighted by molar-refractivity contribution is 5.11. The first-order valence-corrected chi connectivity index (χ1v) is 6.25. The van der Waals surface area contributed by atoms with Crippen LogP contribution in [0.4, 0.5) is 0 Å². The van der Waals surface area contributed by atoms with Gasteiger partial charge in [0.1, 0.15) is 0 Å². The molecule has 0 radical (unpaired) electrons. The van der Waals surface area contributed by atoms with Crippen molar-refractivity contribution in [2.75, 3.05) is 6.61 Å². The van der Waals surface area contributed by atoms with Gasteiger partial charge in [0.25, 0.3) is 0 Å². The molecule has 0 heterocycles. The SMILES string of the molecule is C=CCCOC1CC2CCC1(C)C2(C)C. The lowest BCUT2D eigenvalue weighted by atomic mass is 9.70. The summed E-state index contributed by atoms with van der Waals surface area (Å²) in [5.74, 6) is 0.885. The van der Waals surface area contributed by atoms with Crippen molar-refractivity contribution in [1.82, 2.24) is 0 Å². The van der Waals surface area contributed by atoms with E-state index < -0.39 is 0 Å². The fourth-order valence-electron chi connectivity index (χ4n) is 3.68. The van der Waals surface area contributed by atoms with E-state index in [0.717, 1.165) is 18.9 Å². The van der Waals surface area contributed by atoms with Gasteiger partial charge in [-0.3, -0.25) is 0 Å². The van der Waals surface area contributed by atoms with Crippen molar-refractivity contribution in [2.24, 2.45) is 16.7 Å². The summed E-state index contributed by atoms with van der Waals surface area (Å²) in [5, 5.41) is 0. The molecule has 0 amide bonds. The van der Waals surface area contributed by atoms with Crippen molar-refractivity contribution in [3.05, 3.63) is 12.7 Å². The van der Waals surface area contributed by atoms with Gasteiger partial charge in [0, 0.05) is 0 Å². The molecular formula is C14H24O. The van der Waals surface area contributed by atoms with E-state index in [4.69, 9.17) is 4.74 Å². The van der Waals surface area contributed by atoms with Crippen molar-refractivity contribution in [3.63, 3.8) is 0 Å². The van der Waals surface area contributed by atoms with Gasteiger partial charge in [0.2, 0.25) is 0 Å². The van der Waals surface area contributed by atoms with E-state index in [9.17, 15) is 0 Å². The summed E-state index contributed by atoms with van der Waals surface area (Å²) in [5.41, 5.74) is 0.894. The smallest absolute Gasteiger partial charge is 0.0636 e. The molecule has 0 aliphatic heterocycles. The van der Waals surface area contributed by atoms with E-state index in [-0.39, 0.29) is 0 Å². The lowest BCUT2D eigenvalue weighted by Crippen LogP contribution is -2.37. The molecule has 2 rings (SSSR count). The molecule has 0 spiro atoms. The summed E-state index contributed by atoms with van der Waals surface area (Å²) in [6, 6.07) is 0. The first-order valence-electron chi connectivity index (χ1n) is 6.25. The van der Waals surface area contributed by atoms with E-state index in [1.807, 2.05) is 6.08 Å². The Morgan fingerprint density at radius 3 is 2.60 bits per heavy atom. The highest BCUT2D eigenvalue weighted by atomic mass is 16.5. The van der Waals surface area contributed by atoms with Crippen LogP contribution in [0.2, 0.25) is 0 Å². The Hall–Kier alpha value is -0.300. The quantitative estimate of drug-likeness (QED) is 0.504. The molecule has 15 heavy (non-hydrogen) atoms. The molecule has 0 N–H and O–H groups in total. The van der Waals surface area contributed by atoms with E-state index in [2.05, 4.69) is 27.4 Å². The predicted molar refractivity (Wildman–Crippen MR) is 63.8 cm³/mol. The van der Waals surface area contributed by atoms with Crippen LogP contribution in [0.5, 0.6) is 0 Å². The molecule has 0 aromatic heterocycles. The van der Waals surface area contributed by atoms with Crippen LogP contribution < -0.4 is 0 Å². The minimum atomic E-state index is 0.416. The van der Waals surface area contributed by atoms with E-state index >= 15 is 0 Å². The number of hydrogen-bond acceptors (Lipinski definition) is 1. The third kappa shape index (κ3) is 1.47. The molecule has 86 valence electrons. The van der Waals surface area contributed by atoms with E-state index in [1.54, 1.807) is 0 Å². The van der Waals surface area contributed by atoms with Crippen LogP contribution in [0.3, 0.4) is 0 Å². The molecular weight excluding hydrogens is 184 g/mol. The number of rotatable bonds is 4. The van der Waals surface area contributed by atoms with Crippen LogP contribution in [0.15, 0.2) is 12.7 Å². The summed E-state index contributed by atoms with van der Waals surface area (Å²) >= 11 is 0. The largest absolute Gasteiger partial charge is 0.377 e. The zero-order valence-corrected chi connectivity index (χ0v) is 10.4. The zero-order valence-electron chi connectivity index (χ0n) is 10.4. The molecule has 1 nitrogen and oxygen atoms in total. The minimum absolute atomic E-state index is 0.416. The average Bonchev–Trinajstić information content (AvgIpc) is 2.51. The predicted octanol–water partition coefficient (Wildman–Crippen LogP) is 3.79. The van der Waals surface area contributed by atoms with Crippen LogP contribution in [-0.2, 0) is 4.74 Å². The van der Waals surface area contributed by atoms with Gasteiger partial charge < -0.3 is 4.74 Å². The van der Waals surface area contributed by atoms with Crippen LogP contribution in [-0.4, -0.2) is 12.7 Å². The Bertz CT molecular complexity index is 256. The maximum absolute atomic E-state index is 6.04. The van der Waals surface area contributed by atoms with Crippen LogP contribution in [0, 0.1) is 16.7 Å². The van der Waals surface area contributed by atoms with Gasteiger partial charge in [-0.2, -0.15) is 0 Å². The fourth-order valence-corrected chi connectivity index (χ4v) is 3.68. The number of fused-ring (bicyclic) bond motifs is 2. The molecule has 2 fully saturated rings. The van der Waals surface area contributed by atoms with Gasteiger partial charge in [-0.25, -0.2) is 0 Å². The van der Waals surface area contributed by atoms with Gasteiger partial charge in [-0.1, -0.05) is 26.8 Å². The fraction of sp³-hybridized carbons (Fsp3) is 0.857. The van der Waals surface area contributed by atoms with E-state index in [0.29, 0.717) is 16.9 Å². The average molecular weight is 208 g/mol. The highest BCUT2D eigenvalue weighted by Gasteiger charge is 2.61. The molecule has 3 unspecified atom stereocenters. The van der Waals surface area contributed by atoms with Crippen molar-refractivity contribution < 1.29 is 4.74 Å². The summed E-state index contributed by atoms with van der Waals surface area (Å²) in [7, 11) is 0. The normalized spacial score (nSPS) is 42.1. The van der Waals surface area contributed by atoms with Crippen LogP contribution in [0.1, 0.15) is 46.5 Å². The Balaban J connectivity index is 2.02. The van der Waals surface area contributed by atoms with Gasteiger partial charge in [-0.15, -0.1) is 6.58 Å². The van der Waals surface area contributed by atoms with Crippen molar-refractivity contribution in [2.45, 2.75) is 52.6 Å². The number of ether oxygens (including phenoxy) is 1. The van der Waals surface area contributed by atoms with Crippen molar-refractivity contribution in [1.29, 1.82) is 0 Å². The van der Waals surface area contributed by atoms with Gasteiger partial charge in [-0.05, 0) is 42.4 Å². The molecule has 2 bridgehead atoms. The highest BCUT2D eigenvalue weighted by Crippen LogP contribution is 2.66. The molecule has 2 aliphatic rings. The Morgan fingerprint density at radius 2 is 2.13 bits per heavy atom. The second-order valence-electron chi connectivity index (χ2n) is 6.05. The molecule has 0 aromatic rings. The summed E-state index contributed by atoms with van der Waals surface area (Å²) in [4.78, 5) is 0. The Labute approximate surface area is 93.9 Å². The molecule has 1 heteroatoms. The molecule has 2 aliphatic carbocycles. The third-order valence-corrected chi connectivity index (χ3v) is 5.35. The number of hydrogen-bond donors (Lipinski definition) is 0. The minimum Gasteiger partial charge on any atom is -0.377 e. The molecule has 0 saturated heterocycles. The molecule has 2 saturated carbocycles. The zero-order chi connectivity index (χ0) is 11.1. The van der Waals surface area contributed by atoms with Gasteiger partial charge in [0.15, 0.2) is 0 Å². The first-order chi connectivity index (χ1) is 7.02. The topological polar surface area (TPSA) is 9.23 Å². The van der Waals surface area contributed by atoms with Gasteiger partial charge >= 0.3 is 0 Å². The second-order valence-corrected chi connectivity index (χ2v) is 6.05. The van der Waals surface area contributed by atoms with E-state index in [1.165, 1.54) is 19.3 Å². The lowest BCUT2D eigenvalue weighted by molar-refractivity contribution is -0.0447. The maximum Gasteiger partial charge on any atom is 0.0636 e. The van der Waals surface area contributed by atoms with Crippen molar-refractivity contribution >= 4 is 0 Å². The summed E-state index contributed by atoms with van der Waals surface area (Å²) in [6.45, 7) is 11.9. The third-order valence-electron chi connectivity index (χ3n) is 5.35. The van der Waals surface area contributed by atoms with Crippen molar-refractivity contribution in [3.8, 4) is 0 Å². The molecule has 0 aromatic carbocycles. The monoisotopic (exact) mass is 208 g/mol. The Kier molecular flexibility index (Phi) is 2.70.